The average Bonchev–Trinajstić information content (AvgIpc) is 2.89. The Morgan fingerprint density at radius 1 is 1.10 bits per heavy atom. The number of amides is 2. The number of carbonyl (C=O) groups is 1. The van der Waals surface area contributed by atoms with E-state index in [0.29, 0.717) is 25.0 Å². The summed E-state index contributed by atoms with van der Waals surface area (Å²) in [6.07, 6.45) is 4.91. The largest absolute Gasteiger partial charge is 0.348 e. The predicted octanol–water partition coefficient (Wildman–Crippen LogP) is 2.36. The van der Waals surface area contributed by atoms with E-state index in [1.165, 1.54) is 6.42 Å². The van der Waals surface area contributed by atoms with Crippen molar-refractivity contribution in [2.75, 3.05) is 26.3 Å². The maximum atomic E-state index is 12.4. The Balaban J connectivity index is 1.47. The summed E-state index contributed by atoms with van der Waals surface area (Å²) in [6.45, 7) is 7.66. The van der Waals surface area contributed by atoms with Gasteiger partial charge in [-0.15, -0.1) is 0 Å². The van der Waals surface area contributed by atoms with Crippen LogP contribution < -0.4 is 5.32 Å². The smallest absolute Gasteiger partial charge is 0.317 e. The third-order valence-electron chi connectivity index (χ3n) is 5.04. The van der Waals surface area contributed by atoms with E-state index in [2.05, 4.69) is 19.2 Å². The number of hydrogen-bond donors (Lipinski definition) is 1. The molecule has 1 saturated carbocycles. The number of ether oxygens (including phenoxy) is 2. The zero-order valence-electron chi connectivity index (χ0n) is 13.3. The van der Waals surface area contributed by atoms with Crippen molar-refractivity contribution in [2.24, 2.45) is 11.8 Å². The van der Waals surface area contributed by atoms with Crippen LogP contribution in [0.2, 0.25) is 0 Å². The van der Waals surface area contributed by atoms with Crippen LogP contribution in [0.25, 0.3) is 0 Å². The molecule has 5 nitrogen and oxygen atoms in total. The summed E-state index contributed by atoms with van der Waals surface area (Å²) in [5.74, 6) is 0.874. The zero-order valence-corrected chi connectivity index (χ0v) is 13.3. The zero-order chi connectivity index (χ0) is 14.9. The van der Waals surface area contributed by atoms with Crippen LogP contribution >= 0.6 is 0 Å². The minimum Gasteiger partial charge on any atom is -0.348 e. The summed E-state index contributed by atoms with van der Waals surface area (Å²) in [7, 11) is 0. The van der Waals surface area contributed by atoms with Gasteiger partial charge in [0.05, 0.1) is 13.2 Å². The summed E-state index contributed by atoms with van der Waals surface area (Å²) in [4.78, 5) is 14.4. The summed E-state index contributed by atoms with van der Waals surface area (Å²) in [6, 6.07) is 0.381. The number of hydrogen-bond acceptors (Lipinski definition) is 3. The number of urea groups is 1. The molecule has 0 aromatic heterocycles. The van der Waals surface area contributed by atoms with Crippen LogP contribution in [0.5, 0.6) is 0 Å². The molecule has 3 rings (SSSR count). The van der Waals surface area contributed by atoms with Crippen LogP contribution in [-0.2, 0) is 9.47 Å². The molecule has 0 radical (unpaired) electrons. The second-order valence-electron chi connectivity index (χ2n) is 7.18. The number of nitrogens with zero attached hydrogens (tertiary/aromatic N) is 1. The van der Waals surface area contributed by atoms with Gasteiger partial charge in [0.1, 0.15) is 0 Å². The van der Waals surface area contributed by atoms with E-state index in [-0.39, 0.29) is 17.9 Å². The quantitative estimate of drug-likeness (QED) is 0.808. The highest BCUT2D eigenvalue weighted by atomic mass is 16.7. The molecule has 5 heteroatoms. The molecular weight excluding hydrogens is 268 g/mol. The van der Waals surface area contributed by atoms with Crippen LogP contribution in [0.1, 0.15) is 46.0 Å². The van der Waals surface area contributed by atoms with E-state index in [1.54, 1.807) is 0 Å². The Labute approximate surface area is 127 Å². The molecule has 0 aromatic carbocycles. The first-order valence-electron chi connectivity index (χ1n) is 8.40. The van der Waals surface area contributed by atoms with Crippen molar-refractivity contribution in [3.05, 3.63) is 0 Å². The van der Waals surface area contributed by atoms with Gasteiger partial charge < -0.3 is 19.7 Å². The van der Waals surface area contributed by atoms with Crippen molar-refractivity contribution in [3.8, 4) is 0 Å². The molecule has 2 saturated heterocycles. The van der Waals surface area contributed by atoms with Gasteiger partial charge in [-0.25, -0.2) is 4.79 Å². The van der Waals surface area contributed by atoms with E-state index >= 15 is 0 Å². The predicted molar refractivity (Wildman–Crippen MR) is 79.9 cm³/mol. The molecule has 0 aromatic rings. The van der Waals surface area contributed by atoms with E-state index in [4.69, 9.17) is 9.47 Å². The Bertz CT molecular complexity index is 362. The van der Waals surface area contributed by atoms with Gasteiger partial charge in [-0.2, -0.15) is 0 Å². The number of likely N-dealkylation sites (tertiary alicyclic amines) is 1. The third kappa shape index (κ3) is 3.51. The highest BCUT2D eigenvalue weighted by molar-refractivity contribution is 5.74. The Morgan fingerprint density at radius 3 is 2.24 bits per heavy atom. The van der Waals surface area contributed by atoms with Crippen molar-refractivity contribution in [2.45, 2.75) is 57.8 Å². The van der Waals surface area contributed by atoms with Crippen molar-refractivity contribution in [1.29, 1.82) is 0 Å². The van der Waals surface area contributed by atoms with Crippen molar-refractivity contribution in [1.82, 2.24) is 10.2 Å². The fourth-order valence-corrected chi connectivity index (χ4v) is 4.08. The van der Waals surface area contributed by atoms with Crippen LogP contribution in [0, 0.1) is 11.8 Å². The highest BCUT2D eigenvalue weighted by Gasteiger charge is 2.40. The lowest BCUT2D eigenvalue weighted by Crippen LogP contribution is -2.52. The van der Waals surface area contributed by atoms with Gasteiger partial charge in [0.2, 0.25) is 0 Å². The third-order valence-corrected chi connectivity index (χ3v) is 5.04. The number of carbonyl (C=O) groups excluding carboxylic acids is 1. The van der Waals surface area contributed by atoms with Gasteiger partial charge in [0.15, 0.2) is 5.79 Å². The van der Waals surface area contributed by atoms with Gasteiger partial charge in [-0.3, -0.25) is 0 Å². The van der Waals surface area contributed by atoms with Crippen LogP contribution in [0.3, 0.4) is 0 Å². The van der Waals surface area contributed by atoms with Gasteiger partial charge in [-0.1, -0.05) is 13.8 Å². The lowest BCUT2D eigenvalue weighted by molar-refractivity contribution is -0.179. The molecule has 2 aliphatic heterocycles. The maximum absolute atomic E-state index is 12.4. The van der Waals surface area contributed by atoms with E-state index in [9.17, 15) is 4.79 Å². The molecule has 2 amide bonds. The summed E-state index contributed by atoms with van der Waals surface area (Å²) in [5, 5.41) is 3.21. The average molecular weight is 296 g/mol. The maximum Gasteiger partial charge on any atom is 0.317 e. The van der Waals surface area contributed by atoms with Gasteiger partial charge in [0.25, 0.3) is 0 Å². The molecule has 1 N–H and O–H groups in total. The van der Waals surface area contributed by atoms with Gasteiger partial charge in [0, 0.05) is 32.0 Å². The molecule has 2 heterocycles. The Morgan fingerprint density at radius 2 is 1.67 bits per heavy atom. The van der Waals surface area contributed by atoms with E-state index < -0.39 is 0 Å². The van der Waals surface area contributed by atoms with Crippen LogP contribution in [0.15, 0.2) is 0 Å². The summed E-state index contributed by atoms with van der Waals surface area (Å²) in [5.41, 5.74) is 0. The fraction of sp³-hybridized carbons (Fsp3) is 0.938. The standard InChI is InChI=1S/C16H28N2O3/c1-12-9-13(2)11-18(10-12)15(19)17-14-3-5-16(6-4-14)20-7-8-21-16/h12-14H,3-11H2,1-2H3,(H,17,19). The Hall–Kier alpha value is -0.810. The highest BCUT2D eigenvalue weighted by Crippen LogP contribution is 2.35. The monoisotopic (exact) mass is 296 g/mol. The number of nitrogens with one attached hydrogen (secondary N) is 1. The number of rotatable bonds is 1. The fourth-order valence-electron chi connectivity index (χ4n) is 4.08. The minimum absolute atomic E-state index is 0.114. The normalized spacial score (nSPS) is 33.3. The van der Waals surface area contributed by atoms with E-state index in [0.717, 1.165) is 38.8 Å². The molecule has 1 aliphatic carbocycles. The van der Waals surface area contributed by atoms with E-state index in [1.807, 2.05) is 4.90 Å². The van der Waals surface area contributed by atoms with Gasteiger partial charge in [-0.05, 0) is 31.1 Å². The summed E-state index contributed by atoms with van der Waals surface area (Å²) < 4.78 is 11.5. The molecule has 2 unspecified atom stereocenters. The first-order valence-corrected chi connectivity index (χ1v) is 8.40. The first kappa shape index (κ1) is 15.1. The second-order valence-corrected chi connectivity index (χ2v) is 7.18. The first-order chi connectivity index (χ1) is 10.1. The molecule has 21 heavy (non-hydrogen) atoms. The minimum atomic E-state index is -0.338. The second kappa shape index (κ2) is 6.13. The molecule has 0 bridgehead atoms. The molecule has 120 valence electrons. The molecule has 2 atom stereocenters. The van der Waals surface area contributed by atoms with Crippen LogP contribution in [0.4, 0.5) is 4.79 Å². The lowest BCUT2D eigenvalue weighted by Gasteiger charge is -2.38. The topological polar surface area (TPSA) is 50.8 Å². The molecule has 3 aliphatic rings. The lowest BCUT2D eigenvalue weighted by atomic mass is 9.90. The van der Waals surface area contributed by atoms with Crippen molar-refractivity contribution >= 4 is 6.03 Å². The molecule has 1 spiro atoms. The van der Waals surface area contributed by atoms with Crippen LogP contribution in [-0.4, -0.2) is 49.1 Å². The van der Waals surface area contributed by atoms with Crippen molar-refractivity contribution < 1.29 is 14.3 Å². The molecule has 3 fully saturated rings. The van der Waals surface area contributed by atoms with Crippen molar-refractivity contribution in [3.63, 3.8) is 0 Å². The Kier molecular flexibility index (Phi) is 4.41. The summed E-state index contributed by atoms with van der Waals surface area (Å²) >= 11 is 0. The SMILES string of the molecule is CC1CC(C)CN(C(=O)NC2CCC3(CC2)OCCO3)C1. The number of piperidine rings is 1. The van der Waals surface area contributed by atoms with Gasteiger partial charge >= 0.3 is 6.03 Å². The molecular formula is C16H28N2O3.